The van der Waals surface area contributed by atoms with E-state index in [1.807, 2.05) is 17.8 Å². The largest absolute Gasteiger partial charge is 0.397 e. The van der Waals surface area contributed by atoms with Crippen LogP contribution in [0.15, 0.2) is 45.5 Å². The van der Waals surface area contributed by atoms with Crippen LogP contribution in [0.2, 0.25) is 0 Å². The second-order valence-corrected chi connectivity index (χ2v) is 7.51. The molecule has 6 nitrogen and oxygen atoms in total. The third-order valence-corrected chi connectivity index (χ3v) is 5.79. The molecule has 0 bridgehead atoms. The molecule has 0 atom stereocenters. The summed E-state index contributed by atoms with van der Waals surface area (Å²) in [6.45, 7) is 0. The van der Waals surface area contributed by atoms with E-state index in [0.29, 0.717) is 4.90 Å². The smallest absolute Gasteiger partial charge is 0.244 e. The van der Waals surface area contributed by atoms with E-state index in [2.05, 4.69) is 4.98 Å². The number of hydrogen-bond acceptors (Lipinski definition) is 5. The Balaban J connectivity index is 2.46. The quantitative estimate of drug-likeness (QED) is 0.863. The molecule has 0 aliphatic heterocycles. The van der Waals surface area contributed by atoms with E-state index in [-0.39, 0.29) is 10.6 Å². The van der Waals surface area contributed by atoms with Gasteiger partial charge in [0.1, 0.15) is 4.90 Å². The van der Waals surface area contributed by atoms with Crippen molar-refractivity contribution < 1.29 is 8.42 Å². The third kappa shape index (κ3) is 2.67. The molecule has 1 aromatic heterocycles. The second kappa shape index (κ2) is 5.47. The summed E-state index contributed by atoms with van der Waals surface area (Å²) in [6, 6.07) is 4.97. The van der Waals surface area contributed by atoms with Crippen molar-refractivity contribution in [1.82, 2.24) is 13.9 Å². The standard InChI is InChI=1S/C12H16N4O2S2/c1-15(2)20(17,18)10-6-4-5-9(11(10)13)19-12-14-7-8-16(12)3/h4-8H,13H2,1-3H3. The first-order valence-corrected chi connectivity index (χ1v) is 8.06. The minimum atomic E-state index is -3.55. The minimum absolute atomic E-state index is 0.113. The third-order valence-electron chi connectivity index (χ3n) is 2.76. The van der Waals surface area contributed by atoms with Gasteiger partial charge < -0.3 is 10.3 Å². The number of aromatic nitrogens is 2. The van der Waals surface area contributed by atoms with Crippen molar-refractivity contribution in [2.45, 2.75) is 14.9 Å². The molecule has 0 saturated carbocycles. The minimum Gasteiger partial charge on any atom is -0.397 e. The molecule has 0 saturated heterocycles. The lowest BCUT2D eigenvalue weighted by Gasteiger charge is -2.15. The highest BCUT2D eigenvalue weighted by Gasteiger charge is 2.22. The lowest BCUT2D eigenvalue weighted by molar-refractivity contribution is 0.521. The van der Waals surface area contributed by atoms with Gasteiger partial charge in [0.2, 0.25) is 10.0 Å². The van der Waals surface area contributed by atoms with Gasteiger partial charge in [-0.15, -0.1) is 0 Å². The first-order chi connectivity index (χ1) is 9.34. The summed E-state index contributed by atoms with van der Waals surface area (Å²) in [6.07, 6.45) is 3.50. The summed E-state index contributed by atoms with van der Waals surface area (Å²) in [5.74, 6) is 0. The highest BCUT2D eigenvalue weighted by atomic mass is 32.2. The number of sulfonamides is 1. The molecule has 0 spiro atoms. The SMILES string of the molecule is CN(C)S(=O)(=O)c1cccc(Sc2nccn2C)c1N. The molecule has 0 aliphatic rings. The predicted molar refractivity (Wildman–Crippen MR) is 79.1 cm³/mol. The maximum atomic E-state index is 12.2. The fourth-order valence-electron chi connectivity index (χ4n) is 1.58. The van der Waals surface area contributed by atoms with Gasteiger partial charge in [-0.25, -0.2) is 17.7 Å². The van der Waals surface area contributed by atoms with Crippen molar-refractivity contribution in [3.05, 3.63) is 30.6 Å². The van der Waals surface area contributed by atoms with Gasteiger partial charge in [0.05, 0.1) is 5.69 Å². The Labute approximate surface area is 122 Å². The lowest BCUT2D eigenvalue weighted by Crippen LogP contribution is -2.23. The van der Waals surface area contributed by atoms with E-state index in [1.165, 1.54) is 31.9 Å². The zero-order chi connectivity index (χ0) is 14.9. The zero-order valence-electron chi connectivity index (χ0n) is 11.4. The van der Waals surface area contributed by atoms with Crippen molar-refractivity contribution in [3.8, 4) is 0 Å². The van der Waals surface area contributed by atoms with Crippen LogP contribution in [0.4, 0.5) is 5.69 Å². The van der Waals surface area contributed by atoms with Gasteiger partial charge in [-0.2, -0.15) is 0 Å². The molecule has 0 fully saturated rings. The van der Waals surface area contributed by atoms with Crippen LogP contribution in [0.25, 0.3) is 0 Å². The van der Waals surface area contributed by atoms with Gasteiger partial charge in [0.15, 0.2) is 5.16 Å². The lowest BCUT2D eigenvalue weighted by atomic mass is 10.3. The average Bonchev–Trinajstić information content (AvgIpc) is 2.77. The molecule has 108 valence electrons. The monoisotopic (exact) mass is 312 g/mol. The predicted octanol–water partition coefficient (Wildman–Crippen LogP) is 1.40. The normalized spacial score (nSPS) is 12.0. The van der Waals surface area contributed by atoms with Crippen LogP contribution >= 0.6 is 11.8 Å². The van der Waals surface area contributed by atoms with Crippen molar-refractivity contribution in [1.29, 1.82) is 0 Å². The zero-order valence-corrected chi connectivity index (χ0v) is 13.1. The Kier molecular flexibility index (Phi) is 4.07. The molecule has 0 radical (unpaired) electrons. The van der Waals surface area contributed by atoms with Gasteiger partial charge in [-0.3, -0.25) is 0 Å². The van der Waals surface area contributed by atoms with Crippen molar-refractivity contribution in [2.24, 2.45) is 7.05 Å². The summed E-state index contributed by atoms with van der Waals surface area (Å²) in [5.41, 5.74) is 6.25. The summed E-state index contributed by atoms with van der Waals surface area (Å²) in [5, 5.41) is 0.746. The van der Waals surface area contributed by atoms with E-state index in [1.54, 1.807) is 18.3 Å². The molecule has 0 unspecified atom stereocenters. The van der Waals surface area contributed by atoms with E-state index < -0.39 is 10.0 Å². The molecule has 8 heteroatoms. The summed E-state index contributed by atoms with van der Waals surface area (Å²) in [7, 11) is 1.27. The van der Waals surface area contributed by atoms with Gasteiger partial charge >= 0.3 is 0 Å². The van der Waals surface area contributed by atoms with Crippen LogP contribution in [0.1, 0.15) is 0 Å². The van der Waals surface area contributed by atoms with Crippen LogP contribution in [-0.4, -0.2) is 36.4 Å². The Morgan fingerprint density at radius 1 is 1.35 bits per heavy atom. The maximum absolute atomic E-state index is 12.2. The van der Waals surface area contributed by atoms with E-state index >= 15 is 0 Å². The molecule has 2 rings (SSSR count). The number of rotatable bonds is 4. The van der Waals surface area contributed by atoms with Crippen LogP contribution in [-0.2, 0) is 17.1 Å². The first-order valence-electron chi connectivity index (χ1n) is 5.80. The van der Waals surface area contributed by atoms with Gasteiger partial charge in [-0.1, -0.05) is 6.07 Å². The van der Waals surface area contributed by atoms with Crippen molar-refractivity contribution >= 4 is 27.5 Å². The van der Waals surface area contributed by atoms with Crippen LogP contribution in [0.3, 0.4) is 0 Å². The number of aryl methyl sites for hydroxylation is 1. The fourth-order valence-corrected chi connectivity index (χ4v) is 3.56. The van der Waals surface area contributed by atoms with Crippen molar-refractivity contribution in [2.75, 3.05) is 19.8 Å². The Morgan fingerprint density at radius 3 is 2.60 bits per heavy atom. The number of hydrogen-bond donors (Lipinski definition) is 1. The maximum Gasteiger partial charge on any atom is 0.244 e. The second-order valence-electron chi connectivity index (χ2n) is 4.38. The fraction of sp³-hybridized carbons (Fsp3) is 0.250. The molecule has 0 aliphatic carbocycles. The molecule has 2 N–H and O–H groups in total. The summed E-state index contributed by atoms with van der Waals surface area (Å²) < 4.78 is 27.4. The number of para-hydroxylation sites is 1. The molecule has 20 heavy (non-hydrogen) atoms. The first kappa shape index (κ1) is 14.9. The van der Waals surface area contributed by atoms with Crippen LogP contribution in [0, 0.1) is 0 Å². The Bertz CT molecular complexity index is 723. The highest BCUT2D eigenvalue weighted by Crippen LogP contribution is 2.34. The van der Waals surface area contributed by atoms with E-state index in [4.69, 9.17) is 5.73 Å². The van der Waals surface area contributed by atoms with Gasteiger partial charge in [-0.05, 0) is 23.9 Å². The average molecular weight is 312 g/mol. The topological polar surface area (TPSA) is 81.2 Å². The number of nitrogen functional groups attached to an aromatic ring is 1. The van der Waals surface area contributed by atoms with Crippen LogP contribution < -0.4 is 5.73 Å². The summed E-state index contributed by atoms with van der Waals surface area (Å²) >= 11 is 1.33. The summed E-state index contributed by atoms with van der Waals surface area (Å²) in [4.78, 5) is 4.97. The van der Waals surface area contributed by atoms with E-state index in [0.717, 1.165) is 9.46 Å². The number of anilines is 1. The Hall–Kier alpha value is -1.51. The molecule has 1 heterocycles. The highest BCUT2D eigenvalue weighted by molar-refractivity contribution is 7.99. The Morgan fingerprint density at radius 2 is 2.05 bits per heavy atom. The molecule has 0 amide bonds. The molecule has 2 aromatic rings. The number of benzene rings is 1. The van der Waals surface area contributed by atoms with E-state index in [9.17, 15) is 8.42 Å². The molecular weight excluding hydrogens is 296 g/mol. The molecule has 1 aromatic carbocycles. The van der Waals surface area contributed by atoms with Crippen LogP contribution in [0.5, 0.6) is 0 Å². The number of nitrogens with zero attached hydrogens (tertiary/aromatic N) is 3. The number of imidazole rings is 1. The van der Waals surface area contributed by atoms with Gasteiger partial charge in [0.25, 0.3) is 0 Å². The van der Waals surface area contributed by atoms with Gasteiger partial charge in [0, 0.05) is 38.4 Å². The molecular formula is C12H16N4O2S2. The van der Waals surface area contributed by atoms with Crippen molar-refractivity contribution in [3.63, 3.8) is 0 Å². The number of nitrogens with two attached hydrogens (primary N) is 1.